The number of hydrogen-bond donors (Lipinski definition) is 1. The molecule has 0 unspecified atom stereocenters. The van der Waals surface area contributed by atoms with Crippen LogP contribution in [0, 0.1) is 6.92 Å². The van der Waals surface area contributed by atoms with E-state index in [1.807, 2.05) is 78.2 Å². The number of nitrogens with one attached hydrogen (secondary N) is 1. The lowest BCUT2D eigenvalue weighted by Crippen LogP contribution is -2.21. The van der Waals surface area contributed by atoms with Crippen LogP contribution in [0.5, 0.6) is 5.75 Å². The Bertz CT molecular complexity index is 1350. The van der Waals surface area contributed by atoms with Gasteiger partial charge < -0.3 is 4.74 Å². The van der Waals surface area contributed by atoms with Crippen molar-refractivity contribution < 1.29 is 9.53 Å². The third-order valence-corrected chi connectivity index (χ3v) is 6.48. The first kappa shape index (κ1) is 24.5. The summed E-state index contributed by atoms with van der Waals surface area (Å²) in [5, 5.41) is 14.2. The van der Waals surface area contributed by atoms with Crippen molar-refractivity contribution in [1.82, 2.24) is 20.2 Å². The quantitative estimate of drug-likeness (QED) is 0.193. The van der Waals surface area contributed by atoms with Crippen LogP contribution in [0.2, 0.25) is 5.02 Å². The molecule has 178 valence electrons. The first-order valence-electron chi connectivity index (χ1n) is 10.8. The molecule has 1 N–H and O–H groups in total. The molecule has 0 saturated heterocycles. The molecule has 4 aromatic rings. The van der Waals surface area contributed by atoms with Crippen LogP contribution in [-0.2, 0) is 4.79 Å². The maximum atomic E-state index is 12.5. The molecule has 0 aliphatic heterocycles. The van der Waals surface area contributed by atoms with Gasteiger partial charge in [-0.2, -0.15) is 5.10 Å². The number of amides is 1. The van der Waals surface area contributed by atoms with Crippen molar-refractivity contribution in [2.75, 3.05) is 12.9 Å². The minimum absolute atomic E-state index is 0.117. The highest BCUT2D eigenvalue weighted by Crippen LogP contribution is 2.29. The lowest BCUT2D eigenvalue weighted by Gasteiger charge is -2.11. The van der Waals surface area contributed by atoms with E-state index < -0.39 is 0 Å². The van der Waals surface area contributed by atoms with E-state index >= 15 is 0 Å². The van der Waals surface area contributed by atoms with Crippen LogP contribution < -0.4 is 10.2 Å². The Hall–Kier alpha value is -3.62. The van der Waals surface area contributed by atoms with Crippen molar-refractivity contribution >= 4 is 35.0 Å². The Kier molecular flexibility index (Phi) is 7.84. The van der Waals surface area contributed by atoms with E-state index in [1.54, 1.807) is 20.1 Å². The Morgan fingerprint density at radius 1 is 1.06 bits per heavy atom. The summed E-state index contributed by atoms with van der Waals surface area (Å²) in [5.41, 5.74) is 6.92. The molecule has 1 heterocycles. The van der Waals surface area contributed by atoms with Gasteiger partial charge in [-0.15, -0.1) is 10.2 Å². The van der Waals surface area contributed by atoms with Crippen molar-refractivity contribution in [3.63, 3.8) is 0 Å². The third-order valence-electron chi connectivity index (χ3n) is 5.22. The van der Waals surface area contributed by atoms with Crippen molar-refractivity contribution in [2.24, 2.45) is 5.10 Å². The van der Waals surface area contributed by atoms with E-state index in [-0.39, 0.29) is 11.7 Å². The average Bonchev–Trinajstić information content (AvgIpc) is 3.30. The lowest BCUT2D eigenvalue weighted by molar-refractivity contribution is -0.118. The van der Waals surface area contributed by atoms with Crippen LogP contribution in [0.15, 0.2) is 83.1 Å². The summed E-state index contributed by atoms with van der Waals surface area (Å²) in [4.78, 5) is 12.5. The number of aromatic nitrogens is 3. The molecule has 1 amide bonds. The van der Waals surface area contributed by atoms with E-state index in [1.165, 1.54) is 11.8 Å². The van der Waals surface area contributed by atoms with Crippen LogP contribution in [0.3, 0.4) is 0 Å². The predicted molar refractivity (Wildman–Crippen MR) is 141 cm³/mol. The van der Waals surface area contributed by atoms with Crippen molar-refractivity contribution in [2.45, 2.75) is 19.0 Å². The highest BCUT2D eigenvalue weighted by molar-refractivity contribution is 7.99. The van der Waals surface area contributed by atoms with Crippen molar-refractivity contribution in [1.29, 1.82) is 0 Å². The zero-order valence-electron chi connectivity index (χ0n) is 19.5. The Balaban J connectivity index is 1.54. The summed E-state index contributed by atoms with van der Waals surface area (Å²) < 4.78 is 7.21. The average molecular weight is 506 g/mol. The van der Waals surface area contributed by atoms with Gasteiger partial charge in [-0.05, 0) is 56.3 Å². The maximum absolute atomic E-state index is 12.5. The molecule has 3 aromatic carbocycles. The molecule has 35 heavy (non-hydrogen) atoms. The number of rotatable bonds is 8. The fourth-order valence-electron chi connectivity index (χ4n) is 3.34. The second kappa shape index (κ2) is 11.2. The minimum Gasteiger partial charge on any atom is -0.497 e. The summed E-state index contributed by atoms with van der Waals surface area (Å²) in [7, 11) is 1.63. The summed E-state index contributed by atoms with van der Waals surface area (Å²) >= 11 is 7.49. The largest absolute Gasteiger partial charge is 0.497 e. The van der Waals surface area contributed by atoms with Gasteiger partial charge in [0.1, 0.15) is 5.75 Å². The molecule has 9 heteroatoms. The maximum Gasteiger partial charge on any atom is 0.250 e. The van der Waals surface area contributed by atoms with Gasteiger partial charge in [0, 0.05) is 21.8 Å². The SMILES string of the molecule is COc1ccc(-c2nnc(SCC(=O)N/N=C(/C)c3ccccc3Cl)n2-c2ccc(C)cc2)cc1. The van der Waals surface area contributed by atoms with Gasteiger partial charge in [-0.1, -0.05) is 59.3 Å². The molecule has 7 nitrogen and oxygen atoms in total. The topological polar surface area (TPSA) is 81.4 Å². The van der Waals surface area contributed by atoms with Gasteiger partial charge >= 0.3 is 0 Å². The second-order valence-corrected chi connectivity index (χ2v) is 9.06. The number of ether oxygens (including phenoxy) is 1. The normalized spacial score (nSPS) is 11.4. The number of methoxy groups -OCH3 is 1. The number of carbonyl (C=O) groups is 1. The third kappa shape index (κ3) is 5.90. The van der Waals surface area contributed by atoms with Crippen LogP contribution in [0.1, 0.15) is 18.1 Å². The first-order valence-corrected chi connectivity index (χ1v) is 12.2. The number of hydrazone groups is 1. The molecule has 0 aliphatic rings. The molecule has 0 spiro atoms. The van der Waals surface area contributed by atoms with E-state index in [0.29, 0.717) is 21.7 Å². The van der Waals surface area contributed by atoms with Crippen LogP contribution in [0.25, 0.3) is 17.1 Å². The number of thioether (sulfide) groups is 1. The molecule has 0 fully saturated rings. The molecular weight excluding hydrogens is 482 g/mol. The Labute approximate surface area is 213 Å². The summed E-state index contributed by atoms with van der Waals surface area (Å²) in [6.45, 7) is 3.83. The molecule has 4 rings (SSSR count). The molecule has 1 aromatic heterocycles. The Morgan fingerprint density at radius 3 is 2.46 bits per heavy atom. The van der Waals surface area contributed by atoms with Gasteiger partial charge in [-0.25, -0.2) is 5.43 Å². The summed E-state index contributed by atoms with van der Waals surface area (Å²) in [5.74, 6) is 1.29. The summed E-state index contributed by atoms with van der Waals surface area (Å²) in [6.07, 6.45) is 0. The number of benzene rings is 3. The number of nitrogens with zero attached hydrogens (tertiary/aromatic N) is 4. The van der Waals surface area contributed by atoms with E-state index in [0.717, 1.165) is 28.1 Å². The van der Waals surface area contributed by atoms with Gasteiger partial charge in [-0.3, -0.25) is 9.36 Å². The smallest absolute Gasteiger partial charge is 0.250 e. The summed E-state index contributed by atoms with van der Waals surface area (Å²) in [6, 6.07) is 23.0. The Morgan fingerprint density at radius 2 is 1.77 bits per heavy atom. The van der Waals surface area contributed by atoms with Gasteiger partial charge in [0.15, 0.2) is 11.0 Å². The number of hydrogen-bond acceptors (Lipinski definition) is 6. The highest BCUT2D eigenvalue weighted by atomic mass is 35.5. The van der Waals surface area contributed by atoms with Crippen molar-refractivity contribution in [3.05, 3.63) is 88.9 Å². The van der Waals surface area contributed by atoms with Gasteiger partial charge in [0.25, 0.3) is 5.91 Å². The zero-order valence-corrected chi connectivity index (χ0v) is 21.1. The number of aryl methyl sites for hydroxylation is 1. The van der Waals surface area contributed by atoms with Crippen LogP contribution in [0.4, 0.5) is 0 Å². The molecule has 0 saturated carbocycles. The second-order valence-electron chi connectivity index (χ2n) is 7.71. The fourth-order valence-corrected chi connectivity index (χ4v) is 4.36. The fraction of sp³-hybridized carbons (Fsp3) is 0.154. The van der Waals surface area contributed by atoms with E-state index in [4.69, 9.17) is 16.3 Å². The van der Waals surface area contributed by atoms with Crippen LogP contribution >= 0.6 is 23.4 Å². The standard InChI is InChI=1S/C26H24ClN5O2S/c1-17-8-12-20(13-9-17)32-25(19-10-14-21(34-3)15-11-19)30-31-26(32)35-16-24(33)29-28-18(2)22-6-4-5-7-23(22)27/h4-15H,16H2,1-3H3,(H,29,33)/b28-18-. The van der Waals surface area contributed by atoms with E-state index in [9.17, 15) is 4.79 Å². The first-order chi connectivity index (χ1) is 17.0. The van der Waals surface area contributed by atoms with Gasteiger partial charge in [0.05, 0.1) is 18.6 Å². The van der Waals surface area contributed by atoms with Crippen molar-refractivity contribution in [3.8, 4) is 22.8 Å². The molecule has 0 aliphatic carbocycles. The molecule has 0 radical (unpaired) electrons. The minimum atomic E-state index is -0.258. The number of carbonyl (C=O) groups excluding carboxylic acids is 1. The highest BCUT2D eigenvalue weighted by Gasteiger charge is 2.17. The molecular formula is C26H24ClN5O2S. The monoisotopic (exact) mass is 505 g/mol. The number of halogens is 1. The van der Waals surface area contributed by atoms with E-state index in [2.05, 4.69) is 20.7 Å². The zero-order chi connectivity index (χ0) is 24.8. The lowest BCUT2D eigenvalue weighted by atomic mass is 10.1. The van der Waals surface area contributed by atoms with Crippen LogP contribution in [-0.4, -0.2) is 39.2 Å². The molecule has 0 atom stereocenters. The van der Waals surface area contributed by atoms with Gasteiger partial charge in [0.2, 0.25) is 0 Å². The molecule has 0 bridgehead atoms. The predicted octanol–water partition coefficient (Wildman–Crippen LogP) is 5.54.